The van der Waals surface area contributed by atoms with Crippen molar-refractivity contribution in [3.63, 3.8) is 0 Å². The molecule has 84 valence electrons. The van der Waals surface area contributed by atoms with Gasteiger partial charge in [0, 0.05) is 23.6 Å². The average Bonchev–Trinajstić information content (AvgIpc) is 2.47. The molecule has 0 radical (unpaired) electrons. The quantitative estimate of drug-likeness (QED) is 0.592. The van der Waals surface area contributed by atoms with Gasteiger partial charge in [0.05, 0.1) is 11.6 Å². The van der Waals surface area contributed by atoms with E-state index in [4.69, 9.17) is 5.26 Å². The van der Waals surface area contributed by atoms with Gasteiger partial charge in [-0.05, 0) is 23.6 Å². The lowest BCUT2D eigenvalue weighted by Gasteiger charge is -1.98. The van der Waals surface area contributed by atoms with E-state index in [0.717, 1.165) is 5.69 Å². The summed E-state index contributed by atoms with van der Waals surface area (Å²) in [5, 5.41) is 11.2. The Bertz CT molecular complexity index is 737. The highest BCUT2D eigenvalue weighted by Crippen LogP contribution is 2.11. The molecule has 0 atom stereocenters. The molecule has 0 unspecified atom stereocenters. The Balaban J connectivity index is 2.10. The van der Waals surface area contributed by atoms with E-state index in [1.807, 2.05) is 42.6 Å². The number of nitrogens with zero attached hydrogens (tertiary/aromatic N) is 2. The first-order valence-corrected chi connectivity index (χ1v) is 5.77. The zero-order chi connectivity index (χ0) is 12.4. The highest BCUT2D eigenvalue weighted by atomic mass is 14.9. The normalized spacial score (nSPS) is 10.2. The van der Waals surface area contributed by atoms with E-state index in [0.29, 0.717) is 5.56 Å². The Labute approximate surface area is 105 Å². The second kappa shape index (κ2) is 4.31. The Morgan fingerprint density at radius 3 is 2.28 bits per heavy atom. The molecule has 2 nitrogen and oxygen atoms in total. The van der Waals surface area contributed by atoms with Crippen LogP contribution in [-0.2, 0) is 0 Å². The summed E-state index contributed by atoms with van der Waals surface area (Å²) < 4.78 is 2.06. The molecule has 0 amide bonds. The van der Waals surface area contributed by atoms with Crippen molar-refractivity contribution in [3.05, 3.63) is 72.6 Å². The summed E-state index contributed by atoms with van der Waals surface area (Å²) in [6.45, 7) is 0. The van der Waals surface area contributed by atoms with Crippen LogP contribution in [0.3, 0.4) is 0 Å². The maximum Gasteiger partial charge on any atom is 0.210 e. The molecule has 18 heavy (non-hydrogen) atoms. The number of benzene rings is 2. The van der Waals surface area contributed by atoms with Gasteiger partial charge in [-0.15, -0.1) is 0 Å². The van der Waals surface area contributed by atoms with Crippen molar-refractivity contribution in [2.45, 2.75) is 0 Å². The second-order valence-corrected chi connectivity index (χ2v) is 4.14. The molecule has 1 aromatic heterocycles. The van der Waals surface area contributed by atoms with E-state index in [1.54, 1.807) is 0 Å². The first kappa shape index (κ1) is 10.5. The summed E-state index contributed by atoms with van der Waals surface area (Å²) in [6.07, 6.45) is 4.13. The van der Waals surface area contributed by atoms with Gasteiger partial charge in [0.25, 0.3) is 0 Å². The maximum atomic E-state index is 8.78. The molecule has 0 N–H and O–H groups in total. The van der Waals surface area contributed by atoms with E-state index in [9.17, 15) is 0 Å². The Kier molecular flexibility index (Phi) is 2.51. The molecule has 0 saturated heterocycles. The van der Waals surface area contributed by atoms with Gasteiger partial charge >= 0.3 is 0 Å². The zero-order valence-electron chi connectivity index (χ0n) is 9.75. The second-order valence-electron chi connectivity index (χ2n) is 4.14. The van der Waals surface area contributed by atoms with Crippen molar-refractivity contribution in [1.29, 1.82) is 5.26 Å². The van der Waals surface area contributed by atoms with Gasteiger partial charge in [-0.25, -0.2) is 0 Å². The van der Waals surface area contributed by atoms with Crippen LogP contribution in [0.15, 0.2) is 67.0 Å². The van der Waals surface area contributed by atoms with E-state index in [2.05, 4.69) is 35.0 Å². The molecule has 3 rings (SSSR count). The van der Waals surface area contributed by atoms with Gasteiger partial charge in [0.15, 0.2) is 12.4 Å². The van der Waals surface area contributed by atoms with Crippen molar-refractivity contribution in [2.24, 2.45) is 0 Å². The maximum absolute atomic E-state index is 8.78. The number of rotatable bonds is 1. The van der Waals surface area contributed by atoms with Crippen LogP contribution in [0.1, 0.15) is 5.56 Å². The number of fused-ring (bicyclic) bond motifs is 1. The fourth-order valence-electron chi connectivity index (χ4n) is 2.00. The largest absolute Gasteiger partial charge is 0.210 e. The third-order valence-electron chi connectivity index (χ3n) is 2.98. The third kappa shape index (κ3) is 1.83. The van der Waals surface area contributed by atoms with Crippen LogP contribution < -0.4 is 4.57 Å². The van der Waals surface area contributed by atoms with Gasteiger partial charge in [0.2, 0.25) is 5.69 Å². The van der Waals surface area contributed by atoms with Crippen LogP contribution in [-0.4, -0.2) is 0 Å². The summed E-state index contributed by atoms with van der Waals surface area (Å²) >= 11 is 0. The highest BCUT2D eigenvalue weighted by molar-refractivity contribution is 5.80. The third-order valence-corrected chi connectivity index (χ3v) is 2.98. The number of hydrogen-bond acceptors (Lipinski definition) is 1. The Morgan fingerprint density at radius 1 is 0.833 bits per heavy atom. The van der Waals surface area contributed by atoms with Crippen LogP contribution in [0, 0.1) is 11.3 Å². The van der Waals surface area contributed by atoms with Crippen molar-refractivity contribution in [1.82, 2.24) is 0 Å². The number of aromatic nitrogens is 1. The number of pyridine rings is 1. The van der Waals surface area contributed by atoms with Gasteiger partial charge in [-0.2, -0.15) is 9.83 Å². The first-order valence-electron chi connectivity index (χ1n) is 5.77. The van der Waals surface area contributed by atoms with Crippen LogP contribution in [0.25, 0.3) is 16.5 Å². The molecular formula is C16H11N2+. The lowest BCUT2D eigenvalue weighted by molar-refractivity contribution is -0.594. The molecule has 0 saturated carbocycles. The predicted octanol–water partition coefficient (Wildman–Crippen LogP) is 2.99. The molecule has 0 fully saturated rings. The minimum atomic E-state index is 0.681. The van der Waals surface area contributed by atoms with Crippen LogP contribution in [0.2, 0.25) is 0 Å². The minimum absolute atomic E-state index is 0.681. The lowest BCUT2D eigenvalue weighted by atomic mass is 10.1. The zero-order valence-corrected chi connectivity index (χ0v) is 9.75. The standard InChI is InChI=1S/C16H11N2/c17-11-13-5-7-16(8-6-13)18-10-9-14-3-1-2-4-15(14)12-18/h1-10,12H/q+1. The summed E-state index contributed by atoms with van der Waals surface area (Å²) in [5.74, 6) is 0. The smallest absolute Gasteiger partial charge is 0.192 e. The molecule has 2 aromatic carbocycles. The predicted molar refractivity (Wildman–Crippen MR) is 70.2 cm³/mol. The highest BCUT2D eigenvalue weighted by Gasteiger charge is 2.06. The molecule has 0 aliphatic rings. The fourth-order valence-corrected chi connectivity index (χ4v) is 2.00. The first-order chi connectivity index (χ1) is 8.86. The van der Waals surface area contributed by atoms with Crippen molar-refractivity contribution in [3.8, 4) is 11.8 Å². The summed E-state index contributed by atoms with van der Waals surface area (Å²) in [6, 6.07) is 20.0. The topological polar surface area (TPSA) is 27.7 Å². The average molecular weight is 231 g/mol. The Hall–Kier alpha value is -2.66. The molecule has 0 aliphatic heterocycles. The van der Waals surface area contributed by atoms with Crippen LogP contribution >= 0.6 is 0 Å². The van der Waals surface area contributed by atoms with Gasteiger partial charge in [-0.1, -0.05) is 18.2 Å². The number of hydrogen-bond donors (Lipinski definition) is 0. The van der Waals surface area contributed by atoms with E-state index in [-0.39, 0.29) is 0 Å². The molecular weight excluding hydrogens is 220 g/mol. The van der Waals surface area contributed by atoms with E-state index in [1.165, 1.54) is 10.8 Å². The minimum Gasteiger partial charge on any atom is -0.192 e. The summed E-state index contributed by atoms with van der Waals surface area (Å²) in [7, 11) is 0. The monoisotopic (exact) mass is 231 g/mol. The van der Waals surface area contributed by atoms with E-state index < -0.39 is 0 Å². The molecule has 0 aliphatic carbocycles. The molecule has 2 heteroatoms. The summed E-state index contributed by atoms with van der Waals surface area (Å²) in [5.41, 5.74) is 1.74. The SMILES string of the molecule is N#Cc1ccc(-[n+]2ccc3ccccc3c2)cc1. The van der Waals surface area contributed by atoms with Crippen LogP contribution in [0.4, 0.5) is 0 Å². The fraction of sp³-hybridized carbons (Fsp3) is 0. The molecule has 0 spiro atoms. The van der Waals surface area contributed by atoms with Crippen LogP contribution in [0.5, 0.6) is 0 Å². The lowest BCUT2D eigenvalue weighted by Crippen LogP contribution is -2.29. The van der Waals surface area contributed by atoms with Crippen molar-refractivity contribution < 1.29 is 4.57 Å². The Morgan fingerprint density at radius 2 is 1.56 bits per heavy atom. The van der Waals surface area contributed by atoms with Crippen molar-refractivity contribution in [2.75, 3.05) is 0 Å². The molecule has 3 aromatic rings. The summed E-state index contributed by atoms with van der Waals surface area (Å²) in [4.78, 5) is 0. The number of nitriles is 1. The molecule has 0 bridgehead atoms. The van der Waals surface area contributed by atoms with Crippen molar-refractivity contribution >= 4 is 10.8 Å². The van der Waals surface area contributed by atoms with Gasteiger partial charge in [-0.3, -0.25) is 0 Å². The molecule has 1 heterocycles. The van der Waals surface area contributed by atoms with Gasteiger partial charge in [0.1, 0.15) is 0 Å². The van der Waals surface area contributed by atoms with Gasteiger partial charge < -0.3 is 0 Å². The van der Waals surface area contributed by atoms with E-state index >= 15 is 0 Å².